The summed E-state index contributed by atoms with van der Waals surface area (Å²) in [7, 11) is -3.51. The van der Waals surface area contributed by atoms with Gasteiger partial charge in [-0.1, -0.05) is 19.1 Å². The highest BCUT2D eigenvalue weighted by atomic mass is 32.2. The first kappa shape index (κ1) is 20.0. The maximum atomic E-state index is 14.3. The lowest BCUT2D eigenvalue weighted by Crippen LogP contribution is -2.36. The molecule has 26 heavy (non-hydrogen) atoms. The Bertz CT molecular complexity index is 916. The van der Waals surface area contributed by atoms with Gasteiger partial charge in [-0.3, -0.25) is 4.79 Å². The van der Waals surface area contributed by atoms with E-state index in [2.05, 4.69) is 5.32 Å². The molecule has 1 amide bonds. The van der Waals surface area contributed by atoms with Crippen molar-refractivity contribution in [3.63, 3.8) is 0 Å². The van der Waals surface area contributed by atoms with Gasteiger partial charge in [-0.05, 0) is 35.9 Å². The second-order valence-electron chi connectivity index (χ2n) is 6.09. The number of benzene rings is 2. The van der Waals surface area contributed by atoms with E-state index in [-0.39, 0.29) is 17.0 Å². The van der Waals surface area contributed by atoms with E-state index < -0.39 is 39.3 Å². The van der Waals surface area contributed by atoms with Crippen LogP contribution in [0.4, 0.5) is 8.78 Å². The zero-order valence-corrected chi connectivity index (χ0v) is 15.2. The fraction of sp³-hybridized carbons (Fsp3) is 0.278. The van der Waals surface area contributed by atoms with Crippen LogP contribution in [0.5, 0.6) is 0 Å². The van der Waals surface area contributed by atoms with E-state index in [4.69, 9.17) is 5.73 Å². The Morgan fingerprint density at radius 2 is 1.88 bits per heavy atom. The maximum absolute atomic E-state index is 14.3. The number of rotatable bonds is 6. The van der Waals surface area contributed by atoms with Crippen LogP contribution in [0.25, 0.3) is 0 Å². The number of carbonyl (C=O) groups excluding carboxylic acids is 1. The Morgan fingerprint density at radius 1 is 1.19 bits per heavy atom. The molecule has 3 N–H and O–H groups in total. The molecule has 0 aromatic heterocycles. The van der Waals surface area contributed by atoms with Crippen molar-refractivity contribution in [3.8, 4) is 0 Å². The van der Waals surface area contributed by atoms with Crippen LogP contribution in [0.2, 0.25) is 0 Å². The van der Waals surface area contributed by atoms with E-state index in [1.54, 1.807) is 6.92 Å². The molecule has 2 aromatic rings. The first-order valence-electron chi connectivity index (χ1n) is 7.89. The molecule has 0 radical (unpaired) electrons. The normalized spacial score (nSPS) is 13.9. The summed E-state index contributed by atoms with van der Waals surface area (Å²) < 4.78 is 51.6. The molecule has 0 bridgehead atoms. The van der Waals surface area contributed by atoms with Crippen molar-refractivity contribution in [1.82, 2.24) is 5.32 Å². The largest absolute Gasteiger partial charge is 0.345 e. The third kappa shape index (κ3) is 4.64. The lowest BCUT2D eigenvalue weighted by molar-refractivity contribution is -0.124. The predicted molar refractivity (Wildman–Crippen MR) is 94.1 cm³/mol. The number of amides is 1. The zero-order chi connectivity index (χ0) is 19.5. The number of hydrogen-bond donors (Lipinski definition) is 2. The molecule has 0 aliphatic carbocycles. The SMILES string of the molecule is CC(CN)C(=O)NC(c1cccc(S(C)(=O)=O)c1)c1cc(F)ccc1F. The van der Waals surface area contributed by atoms with Crippen LogP contribution < -0.4 is 11.1 Å². The Labute approximate surface area is 151 Å². The maximum Gasteiger partial charge on any atom is 0.224 e. The molecule has 0 spiro atoms. The van der Waals surface area contributed by atoms with Gasteiger partial charge in [0.25, 0.3) is 0 Å². The van der Waals surface area contributed by atoms with Gasteiger partial charge < -0.3 is 11.1 Å². The van der Waals surface area contributed by atoms with Crippen LogP contribution in [-0.2, 0) is 14.6 Å². The average molecular weight is 382 g/mol. The minimum Gasteiger partial charge on any atom is -0.345 e. The van der Waals surface area contributed by atoms with Crippen molar-refractivity contribution in [2.24, 2.45) is 11.7 Å². The first-order valence-corrected chi connectivity index (χ1v) is 9.78. The van der Waals surface area contributed by atoms with E-state index >= 15 is 0 Å². The minimum atomic E-state index is -3.51. The highest BCUT2D eigenvalue weighted by Gasteiger charge is 2.24. The summed E-state index contributed by atoms with van der Waals surface area (Å²) in [5, 5.41) is 2.63. The smallest absolute Gasteiger partial charge is 0.224 e. The molecule has 0 fully saturated rings. The van der Waals surface area contributed by atoms with Crippen molar-refractivity contribution in [2.75, 3.05) is 12.8 Å². The molecule has 140 valence electrons. The second kappa shape index (κ2) is 7.92. The fourth-order valence-electron chi connectivity index (χ4n) is 2.39. The van der Waals surface area contributed by atoms with Gasteiger partial charge in [-0.2, -0.15) is 0 Å². The van der Waals surface area contributed by atoms with Crippen molar-refractivity contribution in [1.29, 1.82) is 0 Å². The second-order valence-corrected chi connectivity index (χ2v) is 8.10. The number of nitrogens with one attached hydrogen (secondary N) is 1. The summed E-state index contributed by atoms with van der Waals surface area (Å²) in [5.41, 5.74) is 5.70. The van der Waals surface area contributed by atoms with Crippen LogP contribution in [-0.4, -0.2) is 27.1 Å². The Kier molecular flexibility index (Phi) is 6.09. The van der Waals surface area contributed by atoms with Crippen LogP contribution >= 0.6 is 0 Å². The van der Waals surface area contributed by atoms with Gasteiger partial charge in [0.2, 0.25) is 5.91 Å². The summed E-state index contributed by atoms with van der Waals surface area (Å²) >= 11 is 0. The van der Waals surface area contributed by atoms with Gasteiger partial charge in [0, 0.05) is 24.3 Å². The Balaban J connectivity index is 2.57. The molecule has 2 aromatic carbocycles. The van der Waals surface area contributed by atoms with Crippen LogP contribution in [0.3, 0.4) is 0 Å². The van der Waals surface area contributed by atoms with E-state index in [1.165, 1.54) is 24.3 Å². The monoisotopic (exact) mass is 382 g/mol. The molecule has 2 rings (SSSR count). The summed E-state index contributed by atoms with van der Waals surface area (Å²) in [6.07, 6.45) is 1.04. The third-order valence-electron chi connectivity index (χ3n) is 3.98. The number of carbonyl (C=O) groups is 1. The van der Waals surface area contributed by atoms with E-state index in [0.717, 1.165) is 24.5 Å². The van der Waals surface area contributed by atoms with Gasteiger partial charge in [0.05, 0.1) is 10.9 Å². The summed E-state index contributed by atoms with van der Waals surface area (Å²) in [4.78, 5) is 12.3. The molecule has 0 aliphatic rings. The molecular formula is C18H20F2N2O3S. The molecule has 5 nitrogen and oxygen atoms in total. The number of hydrogen-bond acceptors (Lipinski definition) is 4. The fourth-order valence-corrected chi connectivity index (χ4v) is 3.07. The van der Waals surface area contributed by atoms with Crippen molar-refractivity contribution in [3.05, 3.63) is 65.2 Å². The average Bonchev–Trinajstić information content (AvgIpc) is 2.60. The minimum absolute atomic E-state index is 0.0120. The molecule has 2 unspecified atom stereocenters. The Hall–Kier alpha value is -2.32. The number of nitrogens with two attached hydrogens (primary N) is 1. The van der Waals surface area contributed by atoms with Crippen LogP contribution in [0, 0.1) is 17.6 Å². The summed E-state index contributed by atoms with van der Waals surface area (Å²) in [6, 6.07) is 7.57. The molecule has 8 heteroatoms. The molecule has 0 heterocycles. The number of halogens is 2. The Morgan fingerprint density at radius 3 is 2.50 bits per heavy atom. The van der Waals surface area contributed by atoms with Crippen molar-refractivity contribution < 1.29 is 22.0 Å². The van der Waals surface area contributed by atoms with Crippen molar-refractivity contribution in [2.45, 2.75) is 17.9 Å². The van der Waals surface area contributed by atoms with Gasteiger partial charge in [0.1, 0.15) is 11.6 Å². The quantitative estimate of drug-likeness (QED) is 0.801. The summed E-state index contributed by atoms with van der Waals surface area (Å²) in [6.45, 7) is 1.68. The number of sulfone groups is 1. The third-order valence-corrected chi connectivity index (χ3v) is 5.09. The van der Waals surface area contributed by atoms with Gasteiger partial charge in [-0.25, -0.2) is 17.2 Å². The molecular weight excluding hydrogens is 362 g/mol. The van der Waals surface area contributed by atoms with E-state index in [9.17, 15) is 22.0 Å². The van der Waals surface area contributed by atoms with Gasteiger partial charge >= 0.3 is 0 Å². The topological polar surface area (TPSA) is 89.3 Å². The lowest BCUT2D eigenvalue weighted by atomic mass is 9.97. The molecule has 0 saturated carbocycles. The highest BCUT2D eigenvalue weighted by Crippen LogP contribution is 2.27. The van der Waals surface area contributed by atoms with Crippen LogP contribution in [0.1, 0.15) is 24.1 Å². The highest BCUT2D eigenvalue weighted by molar-refractivity contribution is 7.90. The van der Waals surface area contributed by atoms with Gasteiger partial charge in [0.15, 0.2) is 9.84 Å². The summed E-state index contributed by atoms with van der Waals surface area (Å²) in [5.74, 6) is -2.40. The van der Waals surface area contributed by atoms with Gasteiger partial charge in [-0.15, -0.1) is 0 Å². The molecule has 0 saturated heterocycles. The van der Waals surface area contributed by atoms with E-state index in [0.29, 0.717) is 5.56 Å². The zero-order valence-electron chi connectivity index (χ0n) is 14.4. The molecule has 2 atom stereocenters. The van der Waals surface area contributed by atoms with Crippen LogP contribution in [0.15, 0.2) is 47.4 Å². The molecule has 0 aliphatic heterocycles. The first-order chi connectivity index (χ1) is 12.1. The predicted octanol–water partition coefficient (Wildman–Crippen LogP) is 2.17. The lowest BCUT2D eigenvalue weighted by Gasteiger charge is -2.22. The standard InChI is InChI=1S/C18H20F2N2O3S/c1-11(10-21)18(23)22-17(15-9-13(19)6-7-16(15)20)12-4-3-5-14(8-12)26(2,24)25/h3-9,11,17H,10,21H2,1-2H3,(H,22,23). The van der Waals surface area contributed by atoms with E-state index in [1.807, 2.05) is 0 Å². The van der Waals surface area contributed by atoms with Crippen molar-refractivity contribution >= 4 is 15.7 Å².